The molecule has 88 valence electrons. The van der Waals surface area contributed by atoms with Gasteiger partial charge in [-0.25, -0.2) is 0 Å². The van der Waals surface area contributed by atoms with Gasteiger partial charge in [0.2, 0.25) is 0 Å². The van der Waals surface area contributed by atoms with Gasteiger partial charge in [0.15, 0.2) is 0 Å². The molecule has 0 bridgehead atoms. The molecule has 1 fully saturated rings. The Morgan fingerprint density at radius 3 is 2.80 bits per heavy atom. The summed E-state index contributed by atoms with van der Waals surface area (Å²) in [4.78, 5) is 0. The van der Waals surface area contributed by atoms with E-state index in [1.165, 1.54) is 11.5 Å². The van der Waals surface area contributed by atoms with Crippen LogP contribution in [0, 0.1) is 0 Å². The molecule has 1 aliphatic rings. The van der Waals surface area contributed by atoms with Gasteiger partial charge in [-0.15, -0.1) is 0 Å². The van der Waals surface area contributed by atoms with Gasteiger partial charge in [-0.2, -0.15) is 11.8 Å². The first kappa shape index (κ1) is 12.8. The Morgan fingerprint density at radius 2 is 2.20 bits per heavy atom. The van der Waals surface area contributed by atoms with Gasteiger partial charge >= 0.3 is 0 Å². The number of ether oxygens (including phenoxy) is 1. The van der Waals surface area contributed by atoms with E-state index in [2.05, 4.69) is 12.1 Å². The smallest absolute Gasteiger partial charge is 0.0582 e. The number of rotatable bonds is 6. The van der Waals surface area contributed by atoms with Crippen molar-refractivity contribution < 1.29 is 9.94 Å². The molecule has 15 heavy (non-hydrogen) atoms. The average Bonchev–Trinajstić information content (AvgIpc) is 2.30. The van der Waals surface area contributed by atoms with Gasteiger partial charge in [-0.1, -0.05) is 12.1 Å². The van der Waals surface area contributed by atoms with Gasteiger partial charge in [0.1, 0.15) is 0 Å². The van der Waals surface area contributed by atoms with Crippen molar-refractivity contribution in [1.29, 1.82) is 0 Å². The number of hydrogen-bond donors (Lipinski definition) is 1. The summed E-state index contributed by atoms with van der Waals surface area (Å²) < 4.78 is 5.77. The van der Waals surface area contributed by atoms with Crippen LogP contribution in [-0.2, 0) is 4.74 Å². The lowest BCUT2D eigenvalue weighted by Crippen LogP contribution is -2.22. The average molecular weight is 231 g/mol. The van der Waals surface area contributed by atoms with E-state index in [1.807, 2.05) is 11.8 Å². The minimum atomic E-state index is 0.391. The molecular weight excluding hydrogens is 210 g/mol. The van der Waals surface area contributed by atoms with Crippen LogP contribution in [0.4, 0.5) is 0 Å². The third-order valence-electron chi connectivity index (χ3n) is 2.64. The lowest BCUT2D eigenvalue weighted by atomic mass is 9.96. The third kappa shape index (κ3) is 5.42. The molecule has 1 aliphatic carbocycles. The summed E-state index contributed by atoms with van der Waals surface area (Å²) in [6.07, 6.45) is 5.36. The fourth-order valence-corrected chi connectivity index (χ4v) is 2.36. The number of oxime groups is 1. The van der Waals surface area contributed by atoms with Crippen LogP contribution >= 0.6 is 11.8 Å². The molecule has 0 saturated heterocycles. The Hall–Kier alpha value is -0.220. The van der Waals surface area contributed by atoms with Crippen molar-refractivity contribution in [3.05, 3.63) is 0 Å². The third-order valence-corrected chi connectivity index (χ3v) is 3.63. The Bertz CT molecular complexity index is 187. The van der Waals surface area contributed by atoms with Crippen LogP contribution in [0.2, 0.25) is 0 Å². The molecule has 3 nitrogen and oxygen atoms in total. The van der Waals surface area contributed by atoms with E-state index in [1.54, 1.807) is 0 Å². The first-order valence-corrected chi connectivity index (χ1v) is 6.91. The van der Waals surface area contributed by atoms with Gasteiger partial charge in [0.25, 0.3) is 0 Å². The first-order chi connectivity index (χ1) is 7.36. The van der Waals surface area contributed by atoms with Crippen molar-refractivity contribution in [3.8, 4) is 0 Å². The van der Waals surface area contributed by atoms with Crippen molar-refractivity contribution in [3.63, 3.8) is 0 Å². The molecule has 0 aliphatic heterocycles. The Kier molecular flexibility index (Phi) is 6.85. The molecule has 0 atom stereocenters. The second-order valence-corrected chi connectivity index (χ2v) is 5.18. The van der Waals surface area contributed by atoms with Gasteiger partial charge in [-0.05, 0) is 43.6 Å². The normalized spacial score (nSPS) is 21.7. The molecule has 0 amide bonds. The Labute approximate surface area is 96.3 Å². The van der Waals surface area contributed by atoms with Crippen LogP contribution < -0.4 is 0 Å². The van der Waals surface area contributed by atoms with Crippen LogP contribution in [0.15, 0.2) is 5.16 Å². The zero-order valence-corrected chi connectivity index (χ0v) is 10.3. The van der Waals surface area contributed by atoms with E-state index in [0.717, 1.165) is 44.4 Å². The van der Waals surface area contributed by atoms with Crippen LogP contribution in [0.25, 0.3) is 0 Å². The van der Waals surface area contributed by atoms with E-state index in [-0.39, 0.29) is 0 Å². The molecule has 0 spiro atoms. The van der Waals surface area contributed by atoms with Crippen LogP contribution in [0.3, 0.4) is 0 Å². The van der Waals surface area contributed by atoms with Gasteiger partial charge in [0, 0.05) is 6.61 Å². The molecule has 0 aromatic rings. The monoisotopic (exact) mass is 231 g/mol. The summed E-state index contributed by atoms with van der Waals surface area (Å²) >= 11 is 1.97. The molecule has 1 N–H and O–H groups in total. The second kappa shape index (κ2) is 7.99. The Balaban J connectivity index is 1.99. The topological polar surface area (TPSA) is 41.8 Å². The van der Waals surface area contributed by atoms with Crippen LogP contribution in [0.5, 0.6) is 0 Å². The highest BCUT2D eigenvalue weighted by Gasteiger charge is 2.17. The van der Waals surface area contributed by atoms with Crippen molar-refractivity contribution in [1.82, 2.24) is 0 Å². The summed E-state index contributed by atoms with van der Waals surface area (Å²) in [6.45, 7) is 3.06. The first-order valence-electron chi connectivity index (χ1n) is 5.76. The van der Waals surface area contributed by atoms with Crippen LogP contribution in [0.1, 0.15) is 39.0 Å². The number of thioether (sulfide) groups is 1. The lowest BCUT2D eigenvalue weighted by molar-refractivity contribution is 0.0407. The predicted octanol–water partition coefficient (Wildman–Crippen LogP) is 2.92. The summed E-state index contributed by atoms with van der Waals surface area (Å²) in [5, 5.41) is 11.9. The largest absolute Gasteiger partial charge is 0.411 e. The molecule has 1 rings (SSSR count). The summed E-state index contributed by atoms with van der Waals surface area (Å²) in [5.41, 5.74) is 0.927. The molecule has 4 heteroatoms. The quantitative estimate of drug-likeness (QED) is 0.434. The highest BCUT2D eigenvalue weighted by molar-refractivity contribution is 7.99. The molecule has 1 saturated carbocycles. The maximum atomic E-state index is 8.59. The van der Waals surface area contributed by atoms with Gasteiger partial charge in [0.05, 0.1) is 11.8 Å². The minimum absolute atomic E-state index is 0.391. The van der Waals surface area contributed by atoms with E-state index in [0.29, 0.717) is 6.10 Å². The lowest BCUT2D eigenvalue weighted by Gasteiger charge is -2.22. The van der Waals surface area contributed by atoms with Crippen molar-refractivity contribution in [2.75, 3.05) is 18.1 Å². The number of nitrogens with zero attached hydrogens (tertiary/aromatic N) is 1. The van der Waals surface area contributed by atoms with E-state index >= 15 is 0 Å². The highest BCUT2D eigenvalue weighted by atomic mass is 32.2. The molecule has 0 radical (unpaired) electrons. The fourth-order valence-electron chi connectivity index (χ4n) is 1.75. The molecule has 0 aromatic heterocycles. The summed E-state index contributed by atoms with van der Waals surface area (Å²) in [6, 6.07) is 0. The minimum Gasteiger partial charge on any atom is -0.411 e. The fraction of sp³-hybridized carbons (Fsp3) is 0.909. The van der Waals surface area contributed by atoms with E-state index < -0.39 is 0 Å². The second-order valence-electron chi connectivity index (χ2n) is 3.79. The maximum absolute atomic E-state index is 8.59. The van der Waals surface area contributed by atoms with Gasteiger partial charge in [-0.3, -0.25) is 0 Å². The van der Waals surface area contributed by atoms with Crippen molar-refractivity contribution in [2.24, 2.45) is 5.16 Å². The SMILES string of the molecule is CCSCCCOC1CCC(=NO)CC1. The predicted molar refractivity (Wildman–Crippen MR) is 65.0 cm³/mol. The van der Waals surface area contributed by atoms with E-state index in [9.17, 15) is 0 Å². The van der Waals surface area contributed by atoms with Gasteiger partial charge < -0.3 is 9.94 Å². The maximum Gasteiger partial charge on any atom is 0.0582 e. The molecule has 0 aromatic carbocycles. The van der Waals surface area contributed by atoms with E-state index in [4.69, 9.17) is 9.94 Å². The standard InChI is InChI=1S/C11H21NO2S/c1-2-15-9-3-8-14-11-6-4-10(12-13)5-7-11/h11,13H,2-9H2,1H3. The van der Waals surface area contributed by atoms with Crippen molar-refractivity contribution in [2.45, 2.75) is 45.1 Å². The Morgan fingerprint density at radius 1 is 1.47 bits per heavy atom. The molecular formula is C11H21NO2S. The summed E-state index contributed by atoms with van der Waals surface area (Å²) in [5.74, 6) is 2.40. The highest BCUT2D eigenvalue weighted by Crippen LogP contribution is 2.19. The number of hydrogen-bond acceptors (Lipinski definition) is 4. The van der Waals surface area contributed by atoms with Crippen LogP contribution in [-0.4, -0.2) is 35.1 Å². The molecule has 0 heterocycles. The zero-order chi connectivity index (χ0) is 10.9. The summed E-state index contributed by atoms with van der Waals surface area (Å²) in [7, 11) is 0. The zero-order valence-electron chi connectivity index (χ0n) is 9.45. The molecule has 0 unspecified atom stereocenters. The van der Waals surface area contributed by atoms with Crippen molar-refractivity contribution >= 4 is 17.5 Å².